The van der Waals surface area contributed by atoms with Gasteiger partial charge >= 0.3 is 5.69 Å². The zero-order valence-corrected chi connectivity index (χ0v) is 10.7. The van der Waals surface area contributed by atoms with Crippen LogP contribution >= 0.6 is 11.6 Å². The Labute approximate surface area is 113 Å². The summed E-state index contributed by atoms with van der Waals surface area (Å²) in [4.78, 5) is 26.6. The van der Waals surface area contributed by atoms with Gasteiger partial charge in [-0.3, -0.25) is 14.8 Å². The molecule has 0 unspecified atom stereocenters. The number of H-pyrrole nitrogens is 2. The smallest absolute Gasteiger partial charge is 0.327 e. The van der Waals surface area contributed by atoms with E-state index in [2.05, 4.69) is 15.3 Å². The molecule has 0 aliphatic rings. The molecule has 0 atom stereocenters. The van der Waals surface area contributed by atoms with Crippen LogP contribution in [0.25, 0.3) is 0 Å². The van der Waals surface area contributed by atoms with E-state index in [1.54, 1.807) is 24.3 Å². The average molecular weight is 282 g/mol. The predicted octanol–water partition coefficient (Wildman–Crippen LogP) is 1.21. The Balaban J connectivity index is 1.82. The molecule has 0 saturated heterocycles. The first kappa shape index (κ1) is 13.2. The third kappa shape index (κ3) is 4.18. The highest BCUT2D eigenvalue weighted by atomic mass is 35.5. The molecule has 19 heavy (non-hydrogen) atoms. The van der Waals surface area contributed by atoms with Crippen LogP contribution in [0.2, 0.25) is 5.02 Å². The van der Waals surface area contributed by atoms with Gasteiger partial charge in [-0.25, -0.2) is 4.79 Å². The zero-order chi connectivity index (χ0) is 13.7. The summed E-state index contributed by atoms with van der Waals surface area (Å²) in [6.45, 7) is 0.832. The second kappa shape index (κ2) is 6.10. The van der Waals surface area contributed by atoms with Crippen LogP contribution in [0, 0.1) is 0 Å². The van der Waals surface area contributed by atoms with Crippen LogP contribution in [0.15, 0.2) is 39.9 Å². The highest BCUT2D eigenvalue weighted by molar-refractivity contribution is 6.30. The summed E-state index contributed by atoms with van der Waals surface area (Å²) in [6, 6.07) is 8.26. The zero-order valence-electron chi connectivity index (χ0n) is 9.90. The van der Waals surface area contributed by atoms with E-state index in [4.69, 9.17) is 16.3 Å². The Morgan fingerprint density at radius 2 is 1.89 bits per heavy atom. The van der Waals surface area contributed by atoms with Gasteiger partial charge in [0, 0.05) is 11.1 Å². The molecule has 1 aromatic heterocycles. The Morgan fingerprint density at radius 3 is 2.58 bits per heavy atom. The van der Waals surface area contributed by atoms with Crippen molar-refractivity contribution in [1.82, 2.24) is 9.97 Å². The molecule has 0 aliphatic heterocycles. The van der Waals surface area contributed by atoms with Crippen LogP contribution in [0.3, 0.4) is 0 Å². The third-order valence-corrected chi connectivity index (χ3v) is 2.51. The van der Waals surface area contributed by atoms with Gasteiger partial charge in [0.1, 0.15) is 18.2 Å². The lowest BCUT2D eigenvalue weighted by Crippen LogP contribution is -2.24. The minimum atomic E-state index is -0.548. The monoisotopic (exact) mass is 281 g/mol. The first-order valence-electron chi connectivity index (χ1n) is 5.59. The molecule has 0 amide bonds. The summed E-state index contributed by atoms with van der Waals surface area (Å²) in [5.74, 6) is 1.05. The lowest BCUT2D eigenvalue weighted by molar-refractivity contribution is 0.332. The summed E-state index contributed by atoms with van der Waals surface area (Å²) in [5.41, 5.74) is -1.00. The lowest BCUT2D eigenvalue weighted by atomic mass is 10.3. The van der Waals surface area contributed by atoms with Gasteiger partial charge in [-0.15, -0.1) is 0 Å². The Bertz CT molecular complexity index is 620. The van der Waals surface area contributed by atoms with Crippen LogP contribution in [0.1, 0.15) is 0 Å². The molecule has 3 N–H and O–H groups in total. The molecule has 2 rings (SSSR count). The van der Waals surface area contributed by atoms with Crippen molar-refractivity contribution in [1.29, 1.82) is 0 Å². The van der Waals surface area contributed by atoms with Crippen molar-refractivity contribution in [3.63, 3.8) is 0 Å². The van der Waals surface area contributed by atoms with Gasteiger partial charge < -0.3 is 10.1 Å². The van der Waals surface area contributed by atoms with Gasteiger partial charge in [-0.2, -0.15) is 0 Å². The molecule has 1 heterocycles. The number of rotatable bonds is 5. The number of ether oxygens (including phenoxy) is 1. The molecule has 6 nitrogen and oxygen atoms in total. The van der Waals surface area contributed by atoms with E-state index >= 15 is 0 Å². The molecule has 2 aromatic rings. The minimum Gasteiger partial charge on any atom is -0.492 e. The number of benzene rings is 1. The van der Waals surface area contributed by atoms with Crippen LogP contribution in [0.4, 0.5) is 5.82 Å². The number of aromatic amines is 2. The molecule has 0 spiro atoms. The Morgan fingerprint density at radius 1 is 1.16 bits per heavy atom. The number of aromatic nitrogens is 2. The van der Waals surface area contributed by atoms with E-state index in [9.17, 15) is 9.59 Å². The van der Waals surface area contributed by atoms with Crippen LogP contribution in [0.5, 0.6) is 5.75 Å². The lowest BCUT2D eigenvalue weighted by Gasteiger charge is -2.08. The highest BCUT2D eigenvalue weighted by Crippen LogP contribution is 2.15. The van der Waals surface area contributed by atoms with Crippen molar-refractivity contribution in [2.45, 2.75) is 0 Å². The van der Waals surface area contributed by atoms with Crippen molar-refractivity contribution in [2.24, 2.45) is 0 Å². The maximum absolute atomic E-state index is 11.0. The summed E-state index contributed by atoms with van der Waals surface area (Å²) in [7, 11) is 0. The molecular formula is C12H12ClN3O3. The first-order valence-corrected chi connectivity index (χ1v) is 5.97. The number of anilines is 1. The van der Waals surface area contributed by atoms with Crippen molar-refractivity contribution in [3.05, 3.63) is 56.2 Å². The molecule has 0 aliphatic carbocycles. The van der Waals surface area contributed by atoms with Gasteiger partial charge in [-0.05, 0) is 24.3 Å². The first-order chi connectivity index (χ1) is 9.13. The fourth-order valence-electron chi connectivity index (χ4n) is 1.45. The minimum absolute atomic E-state index is 0.355. The van der Waals surface area contributed by atoms with E-state index in [0.29, 0.717) is 29.7 Å². The van der Waals surface area contributed by atoms with Crippen molar-refractivity contribution < 1.29 is 4.74 Å². The number of hydrogen-bond donors (Lipinski definition) is 3. The van der Waals surface area contributed by atoms with Gasteiger partial charge in [0.2, 0.25) is 0 Å². The predicted molar refractivity (Wildman–Crippen MR) is 73.1 cm³/mol. The topological polar surface area (TPSA) is 87.0 Å². The standard InChI is InChI=1S/C12H12ClN3O3/c13-8-1-3-9(4-2-8)19-6-5-14-10-7-11(17)16-12(18)15-10/h1-4,7H,5-6H2,(H3,14,15,16,17,18). The van der Waals surface area contributed by atoms with E-state index in [1.807, 2.05) is 0 Å². The highest BCUT2D eigenvalue weighted by Gasteiger charge is 1.97. The summed E-state index contributed by atoms with van der Waals surface area (Å²) in [6.07, 6.45) is 0. The molecule has 100 valence electrons. The van der Waals surface area contributed by atoms with Gasteiger partial charge in [0.15, 0.2) is 0 Å². The van der Waals surface area contributed by atoms with Crippen molar-refractivity contribution in [3.8, 4) is 5.75 Å². The van der Waals surface area contributed by atoms with Crippen molar-refractivity contribution in [2.75, 3.05) is 18.5 Å². The molecule has 7 heteroatoms. The molecule has 0 radical (unpaired) electrons. The SMILES string of the molecule is O=c1cc(NCCOc2ccc(Cl)cc2)[nH]c(=O)[nH]1. The van der Waals surface area contributed by atoms with E-state index in [1.165, 1.54) is 6.07 Å². The van der Waals surface area contributed by atoms with Crippen LogP contribution in [-0.4, -0.2) is 23.1 Å². The Kier molecular flexibility index (Phi) is 4.25. The molecule has 1 aromatic carbocycles. The van der Waals surface area contributed by atoms with Crippen LogP contribution in [-0.2, 0) is 0 Å². The molecule has 0 saturated carbocycles. The maximum atomic E-state index is 11.0. The molecular weight excluding hydrogens is 270 g/mol. The van der Waals surface area contributed by atoms with E-state index in [0.717, 1.165) is 0 Å². The summed E-state index contributed by atoms with van der Waals surface area (Å²) >= 11 is 5.75. The fourth-order valence-corrected chi connectivity index (χ4v) is 1.58. The maximum Gasteiger partial charge on any atom is 0.327 e. The van der Waals surface area contributed by atoms with Gasteiger partial charge in [-0.1, -0.05) is 11.6 Å². The van der Waals surface area contributed by atoms with Crippen LogP contribution < -0.4 is 21.3 Å². The van der Waals surface area contributed by atoms with E-state index < -0.39 is 11.2 Å². The average Bonchev–Trinajstić information content (AvgIpc) is 2.36. The summed E-state index contributed by atoms with van der Waals surface area (Å²) in [5, 5.41) is 3.53. The largest absolute Gasteiger partial charge is 0.492 e. The molecule has 0 fully saturated rings. The van der Waals surface area contributed by atoms with Gasteiger partial charge in [0.05, 0.1) is 6.54 Å². The number of halogens is 1. The van der Waals surface area contributed by atoms with Gasteiger partial charge in [0.25, 0.3) is 5.56 Å². The Hall–Kier alpha value is -2.21. The quantitative estimate of drug-likeness (QED) is 0.719. The second-order valence-corrected chi connectivity index (χ2v) is 4.17. The van der Waals surface area contributed by atoms with Crippen molar-refractivity contribution >= 4 is 17.4 Å². The number of hydrogen-bond acceptors (Lipinski definition) is 4. The summed E-state index contributed by atoms with van der Waals surface area (Å²) < 4.78 is 5.44. The second-order valence-electron chi connectivity index (χ2n) is 3.73. The number of nitrogens with one attached hydrogen (secondary N) is 3. The normalized spacial score (nSPS) is 10.2. The fraction of sp³-hybridized carbons (Fsp3) is 0.167. The third-order valence-electron chi connectivity index (χ3n) is 2.26. The van der Waals surface area contributed by atoms with E-state index in [-0.39, 0.29) is 0 Å². The molecule has 0 bridgehead atoms.